The van der Waals surface area contributed by atoms with E-state index in [0.29, 0.717) is 13.1 Å². The van der Waals surface area contributed by atoms with Gasteiger partial charge in [0, 0.05) is 19.6 Å². The highest BCUT2D eigenvalue weighted by Crippen LogP contribution is 2.05. The van der Waals surface area contributed by atoms with Gasteiger partial charge in [-0.1, -0.05) is 31.2 Å². The van der Waals surface area contributed by atoms with Gasteiger partial charge in [0.15, 0.2) is 0 Å². The van der Waals surface area contributed by atoms with Gasteiger partial charge in [-0.3, -0.25) is 4.79 Å². The van der Waals surface area contributed by atoms with E-state index in [-0.39, 0.29) is 19.0 Å². The molecule has 1 aromatic rings. The van der Waals surface area contributed by atoms with Crippen molar-refractivity contribution in [2.45, 2.75) is 33.2 Å². The van der Waals surface area contributed by atoms with Crippen molar-refractivity contribution in [1.29, 1.82) is 0 Å². The van der Waals surface area contributed by atoms with E-state index in [9.17, 15) is 9.59 Å². The van der Waals surface area contributed by atoms with Crippen molar-refractivity contribution < 1.29 is 14.7 Å². The molecular formula is C15H22N2O3. The Hall–Kier alpha value is -2.04. The van der Waals surface area contributed by atoms with Gasteiger partial charge >= 0.3 is 12.0 Å². The van der Waals surface area contributed by atoms with E-state index in [1.54, 1.807) is 0 Å². The molecule has 0 aliphatic heterocycles. The number of hydrogen-bond donors (Lipinski definition) is 2. The summed E-state index contributed by atoms with van der Waals surface area (Å²) in [5.41, 5.74) is 2.29. The first-order chi connectivity index (χ1) is 9.56. The number of carboxylic acids is 1. The van der Waals surface area contributed by atoms with E-state index in [1.165, 1.54) is 10.5 Å². The number of nitrogens with zero attached hydrogens (tertiary/aromatic N) is 1. The Kier molecular flexibility index (Phi) is 6.56. The predicted molar refractivity (Wildman–Crippen MR) is 77.6 cm³/mol. The van der Waals surface area contributed by atoms with Crippen LogP contribution < -0.4 is 5.32 Å². The summed E-state index contributed by atoms with van der Waals surface area (Å²) in [6.45, 7) is 5.10. The van der Waals surface area contributed by atoms with E-state index < -0.39 is 5.97 Å². The zero-order valence-corrected chi connectivity index (χ0v) is 12.1. The molecule has 0 aliphatic rings. The van der Waals surface area contributed by atoms with Gasteiger partial charge in [0.1, 0.15) is 0 Å². The first-order valence-electron chi connectivity index (χ1n) is 6.89. The number of aryl methyl sites for hydroxylation is 1. The predicted octanol–water partition coefficient (Wildman–Crippen LogP) is 2.26. The normalized spacial score (nSPS) is 10.1. The molecule has 0 bridgehead atoms. The second kappa shape index (κ2) is 8.19. The van der Waals surface area contributed by atoms with E-state index in [0.717, 1.165) is 12.0 Å². The van der Waals surface area contributed by atoms with Gasteiger partial charge < -0.3 is 15.3 Å². The van der Waals surface area contributed by atoms with Crippen LogP contribution in [0.4, 0.5) is 4.79 Å². The number of carbonyl (C=O) groups excluding carboxylic acids is 1. The van der Waals surface area contributed by atoms with Gasteiger partial charge in [-0.15, -0.1) is 0 Å². The van der Waals surface area contributed by atoms with Gasteiger partial charge in [0.25, 0.3) is 0 Å². The lowest BCUT2D eigenvalue weighted by Gasteiger charge is -2.20. The Morgan fingerprint density at radius 3 is 2.25 bits per heavy atom. The molecule has 0 unspecified atom stereocenters. The molecule has 2 amide bonds. The molecule has 0 saturated heterocycles. The minimum atomic E-state index is -0.897. The molecule has 1 aromatic carbocycles. The number of benzene rings is 1. The van der Waals surface area contributed by atoms with E-state index in [1.807, 2.05) is 31.2 Å². The minimum absolute atomic E-state index is 0.0353. The van der Waals surface area contributed by atoms with Crippen molar-refractivity contribution in [2.24, 2.45) is 0 Å². The van der Waals surface area contributed by atoms with Crippen molar-refractivity contribution >= 4 is 12.0 Å². The zero-order chi connectivity index (χ0) is 15.0. The highest BCUT2D eigenvalue weighted by Gasteiger charge is 2.12. The van der Waals surface area contributed by atoms with Crippen LogP contribution in [0.25, 0.3) is 0 Å². The number of nitrogens with one attached hydrogen (secondary N) is 1. The number of hydrogen-bond acceptors (Lipinski definition) is 2. The number of aliphatic carboxylic acids is 1. The number of amides is 2. The largest absolute Gasteiger partial charge is 0.481 e. The standard InChI is InChI=1S/C15H22N2O3/c1-3-12-5-7-13(8-6-12)11-16-15(20)17(4-2)10-9-14(18)19/h5-8H,3-4,9-11H2,1-2H3,(H,16,20)(H,18,19). The van der Waals surface area contributed by atoms with Crippen LogP contribution in [-0.4, -0.2) is 35.1 Å². The van der Waals surface area contributed by atoms with Gasteiger partial charge in [0.2, 0.25) is 0 Å². The van der Waals surface area contributed by atoms with E-state index >= 15 is 0 Å². The second-order valence-electron chi connectivity index (χ2n) is 4.55. The Bertz CT molecular complexity index is 443. The summed E-state index contributed by atoms with van der Waals surface area (Å²) in [5.74, 6) is -0.897. The molecule has 0 aromatic heterocycles. The van der Waals surface area contributed by atoms with Crippen LogP contribution in [0.2, 0.25) is 0 Å². The van der Waals surface area contributed by atoms with Gasteiger partial charge in [-0.05, 0) is 24.5 Å². The number of rotatable bonds is 7. The van der Waals surface area contributed by atoms with Gasteiger partial charge in [0.05, 0.1) is 6.42 Å². The van der Waals surface area contributed by atoms with Gasteiger partial charge in [-0.2, -0.15) is 0 Å². The molecule has 0 aliphatic carbocycles. The van der Waals surface area contributed by atoms with Crippen LogP contribution in [-0.2, 0) is 17.8 Å². The highest BCUT2D eigenvalue weighted by atomic mass is 16.4. The quantitative estimate of drug-likeness (QED) is 0.803. The molecule has 0 spiro atoms. The maximum absolute atomic E-state index is 11.9. The van der Waals surface area contributed by atoms with Crippen LogP contribution in [0.15, 0.2) is 24.3 Å². The smallest absolute Gasteiger partial charge is 0.317 e. The Morgan fingerprint density at radius 2 is 1.75 bits per heavy atom. The third-order valence-corrected chi connectivity index (χ3v) is 3.14. The summed E-state index contributed by atoms with van der Waals surface area (Å²) in [7, 11) is 0. The number of urea groups is 1. The average Bonchev–Trinajstić information content (AvgIpc) is 2.46. The molecule has 20 heavy (non-hydrogen) atoms. The average molecular weight is 278 g/mol. The Morgan fingerprint density at radius 1 is 1.15 bits per heavy atom. The highest BCUT2D eigenvalue weighted by molar-refractivity contribution is 5.75. The molecule has 0 saturated carbocycles. The second-order valence-corrected chi connectivity index (χ2v) is 4.55. The van der Waals surface area contributed by atoms with Crippen LogP contribution in [0.5, 0.6) is 0 Å². The Balaban J connectivity index is 2.45. The Labute approximate surface area is 119 Å². The summed E-state index contributed by atoms with van der Waals surface area (Å²) < 4.78 is 0. The molecule has 0 heterocycles. The van der Waals surface area contributed by atoms with Crippen molar-refractivity contribution in [3.8, 4) is 0 Å². The van der Waals surface area contributed by atoms with Crippen LogP contribution >= 0.6 is 0 Å². The third kappa shape index (κ3) is 5.30. The van der Waals surface area contributed by atoms with Gasteiger partial charge in [-0.25, -0.2) is 4.79 Å². The van der Waals surface area contributed by atoms with Crippen LogP contribution in [0.3, 0.4) is 0 Å². The molecule has 5 heteroatoms. The lowest BCUT2D eigenvalue weighted by atomic mass is 10.1. The SMILES string of the molecule is CCc1ccc(CNC(=O)N(CC)CCC(=O)O)cc1. The molecule has 110 valence electrons. The fourth-order valence-corrected chi connectivity index (χ4v) is 1.82. The fraction of sp³-hybridized carbons (Fsp3) is 0.467. The number of carbonyl (C=O) groups is 2. The monoisotopic (exact) mass is 278 g/mol. The van der Waals surface area contributed by atoms with E-state index in [2.05, 4.69) is 12.2 Å². The van der Waals surface area contributed by atoms with Crippen molar-refractivity contribution in [3.05, 3.63) is 35.4 Å². The molecule has 0 fully saturated rings. The first kappa shape index (κ1) is 16.0. The molecule has 1 rings (SSSR count). The van der Waals surface area contributed by atoms with Crippen molar-refractivity contribution in [3.63, 3.8) is 0 Å². The van der Waals surface area contributed by atoms with Crippen LogP contribution in [0.1, 0.15) is 31.4 Å². The van der Waals surface area contributed by atoms with Crippen molar-refractivity contribution in [2.75, 3.05) is 13.1 Å². The van der Waals surface area contributed by atoms with Crippen molar-refractivity contribution in [1.82, 2.24) is 10.2 Å². The van der Waals surface area contributed by atoms with E-state index in [4.69, 9.17) is 5.11 Å². The lowest BCUT2D eigenvalue weighted by Crippen LogP contribution is -2.40. The fourth-order valence-electron chi connectivity index (χ4n) is 1.82. The van der Waals surface area contributed by atoms with Crippen LogP contribution in [0, 0.1) is 0 Å². The lowest BCUT2D eigenvalue weighted by molar-refractivity contribution is -0.137. The summed E-state index contributed by atoms with van der Waals surface area (Å²) in [5, 5.41) is 11.4. The summed E-state index contributed by atoms with van der Waals surface area (Å²) in [6.07, 6.45) is 0.956. The summed E-state index contributed by atoms with van der Waals surface area (Å²) in [4.78, 5) is 23.9. The zero-order valence-electron chi connectivity index (χ0n) is 12.1. The molecule has 0 atom stereocenters. The molecule has 0 radical (unpaired) electrons. The third-order valence-electron chi connectivity index (χ3n) is 3.14. The molecule has 2 N–H and O–H groups in total. The molecular weight excluding hydrogens is 256 g/mol. The number of carboxylic acid groups (broad SMARTS) is 1. The first-order valence-corrected chi connectivity index (χ1v) is 6.89. The topological polar surface area (TPSA) is 69.6 Å². The minimum Gasteiger partial charge on any atom is -0.481 e. The summed E-state index contributed by atoms with van der Waals surface area (Å²) in [6, 6.07) is 7.85. The molecule has 5 nitrogen and oxygen atoms in total. The maximum atomic E-state index is 11.9. The maximum Gasteiger partial charge on any atom is 0.317 e. The summed E-state index contributed by atoms with van der Waals surface area (Å²) >= 11 is 0.